The van der Waals surface area contributed by atoms with Gasteiger partial charge in [-0.05, 0) is 32.6 Å². The second kappa shape index (κ2) is 8.90. The zero-order valence-electron chi connectivity index (χ0n) is 12.5. The van der Waals surface area contributed by atoms with Crippen molar-refractivity contribution >= 4 is 0 Å². The molecule has 0 rings (SSSR count). The van der Waals surface area contributed by atoms with Crippen LogP contribution in [-0.2, 0) is 9.47 Å². The molecule has 0 saturated carbocycles. The Morgan fingerprint density at radius 3 is 2.18 bits per heavy atom. The second-order valence-corrected chi connectivity index (χ2v) is 5.73. The molecule has 0 saturated heterocycles. The summed E-state index contributed by atoms with van der Waals surface area (Å²) in [6, 6.07) is 0. The van der Waals surface area contributed by atoms with Crippen LogP contribution < -0.4 is 5.32 Å². The molecule has 0 spiro atoms. The van der Waals surface area contributed by atoms with E-state index in [2.05, 4.69) is 26.1 Å². The third kappa shape index (κ3) is 9.57. The van der Waals surface area contributed by atoms with Crippen LogP contribution in [0.2, 0.25) is 0 Å². The van der Waals surface area contributed by atoms with Crippen molar-refractivity contribution in [2.75, 3.05) is 20.1 Å². The first kappa shape index (κ1) is 16.9. The molecule has 17 heavy (non-hydrogen) atoms. The monoisotopic (exact) mass is 245 g/mol. The van der Waals surface area contributed by atoms with E-state index in [1.54, 1.807) is 0 Å². The number of rotatable bonds is 9. The first-order valence-corrected chi connectivity index (χ1v) is 6.83. The SMILES string of the molecule is CCC(CC)C(C)CNCOCOC(C)(C)C. The molecule has 0 radical (unpaired) electrons. The third-order valence-electron chi connectivity index (χ3n) is 3.10. The van der Waals surface area contributed by atoms with Crippen LogP contribution in [0.4, 0.5) is 0 Å². The molecule has 0 aliphatic rings. The Kier molecular flexibility index (Phi) is 8.83. The van der Waals surface area contributed by atoms with E-state index in [-0.39, 0.29) is 5.60 Å². The zero-order chi connectivity index (χ0) is 13.3. The summed E-state index contributed by atoms with van der Waals surface area (Å²) in [6.07, 6.45) is 2.51. The predicted octanol–water partition coefficient (Wildman–Crippen LogP) is 3.40. The fourth-order valence-corrected chi connectivity index (χ4v) is 1.88. The van der Waals surface area contributed by atoms with Crippen LogP contribution >= 0.6 is 0 Å². The number of hydrogen-bond donors (Lipinski definition) is 1. The van der Waals surface area contributed by atoms with E-state index < -0.39 is 0 Å². The summed E-state index contributed by atoms with van der Waals surface area (Å²) in [5.41, 5.74) is -0.122. The minimum Gasteiger partial charge on any atom is -0.350 e. The van der Waals surface area contributed by atoms with Gasteiger partial charge in [-0.3, -0.25) is 5.32 Å². The quantitative estimate of drug-likeness (QED) is 0.499. The summed E-state index contributed by atoms with van der Waals surface area (Å²) < 4.78 is 10.8. The van der Waals surface area contributed by atoms with Gasteiger partial charge in [-0.25, -0.2) is 0 Å². The van der Waals surface area contributed by atoms with Crippen molar-refractivity contribution in [3.63, 3.8) is 0 Å². The summed E-state index contributed by atoms with van der Waals surface area (Å²) in [4.78, 5) is 0. The van der Waals surface area contributed by atoms with E-state index in [1.807, 2.05) is 20.8 Å². The minimum atomic E-state index is -0.122. The minimum absolute atomic E-state index is 0.122. The Morgan fingerprint density at radius 2 is 1.71 bits per heavy atom. The number of nitrogens with one attached hydrogen (secondary N) is 1. The number of ether oxygens (including phenoxy) is 2. The van der Waals surface area contributed by atoms with Crippen molar-refractivity contribution in [3.8, 4) is 0 Å². The van der Waals surface area contributed by atoms with Crippen LogP contribution in [0.25, 0.3) is 0 Å². The van der Waals surface area contributed by atoms with Gasteiger partial charge in [0, 0.05) is 6.54 Å². The number of hydrogen-bond acceptors (Lipinski definition) is 3. The highest BCUT2D eigenvalue weighted by Crippen LogP contribution is 2.17. The molecular formula is C14H31NO2. The average Bonchev–Trinajstić information content (AvgIpc) is 2.23. The lowest BCUT2D eigenvalue weighted by molar-refractivity contribution is -0.123. The maximum absolute atomic E-state index is 5.46. The zero-order valence-corrected chi connectivity index (χ0v) is 12.5. The predicted molar refractivity (Wildman–Crippen MR) is 72.9 cm³/mol. The van der Waals surface area contributed by atoms with Gasteiger partial charge < -0.3 is 9.47 Å². The van der Waals surface area contributed by atoms with E-state index in [4.69, 9.17) is 9.47 Å². The highest BCUT2D eigenvalue weighted by Gasteiger charge is 2.12. The molecule has 0 aliphatic carbocycles. The van der Waals surface area contributed by atoms with Crippen molar-refractivity contribution in [3.05, 3.63) is 0 Å². The average molecular weight is 245 g/mol. The van der Waals surface area contributed by atoms with Gasteiger partial charge in [0.2, 0.25) is 0 Å². The van der Waals surface area contributed by atoms with Crippen molar-refractivity contribution in [1.82, 2.24) is 5.32 Å². The smallest absolute Gasteiger partial charge is 0.149 e. The molecule has 0 bridgehead atoms. The van der Waals surface area contributed by atoms with Gasteiger partial charge in [0.05, 0.1) is 12.3 Å². The fraction of sp³-hybridized carbons (Fsp3) is 1.00. The van der Waals surface area contributed by atoms with E-state index in [0.29, 0.717) is 19.4 Å². The second-order valence-electron chi connectivity index (χ2n) is 5.73. The molecule has 1 unspecified atom stereocenters. The van der Waals surface area contributed by atoms with Crippen molar-refractivity contribution in [2.24, 2.45) is 11.8 Å². The molecule has 0 aromatic heterocycles. The summed E-state index contributed by atoms with van der Waals surface area (Å²) in [5, 5.41) is 3.32. The van der Waals surface area contributed by atoms with Gasteiger partial charge in [0.25, 0.3) is 0 Å². The van der Waals surface area contributed by atoms with Crippen LogP contribution in [-0.4, -0.2) is 25.7 Å². The standard InChI is InChI=1S/C14H31NO2/c1-7-13(8-2)12(3)9-15-10-16-11-17-14(4,5)6/h12-13,15H,7-11H2,1-6H3. The van der Waals surface area contributed by atoms with Crippen molar-refractivity contribution in [2.45, 2.75) is 60.0 Å². The van der Waals surface area contributed by atoms with E-state index in [1.165, 1.54) is 12.8 Å². The Hall–Kier alpha value is -0.120. The summed E-state index contributed by atoms with van der Waals surface area (Å²) >= 11 is 0. The maximum atomic E-state index is 5.46. The lowest BCUT2D eigenvalue weighted by Crippen LogP contribution is -2.29. The van der Waals surface area contributed by atoms with Crippen LogP contribution in [0.3, 0.4) is 0 Å². The maximum Gasteiger partial charge on any atom is 0.149 e. The largest absolute Gasteiger partial charge is 0.350 e. The third-order valence-corrected chi connectivity index (χ3v) is 3.10. The fourth-order valence-electron chi connectivity index (χ4n) is 1.88. The van der Waals surface area contributed by atoms with Gasteiger partial charge in [-0.2, -0.15) is 0 Å². The molecule has 1 atom stereocenters. The summed E-state index contributed by atoms with van der Waals surface area (Å²) in [5.74, 6) is 1.52. The molecule has 3 heteroatoms. The molecule has 0 aromatic carbocycles. The van der Waals surface area contributed by atoms with E-state index in [0.717, 1.165) is 12.5 Å². The molecule has 3 nitrogen and oxygen atoms in total. The summed E-state index contributed by atoms with van der Waals surface area (Å²) in [7, 11) is 0. The Balaban J connectivity index is 3.45. The molecule has 104 valence electrons. The highest BCUT2D eigenvalue weighted by molar-refractivity contribution is 4.65. The van der Waals surface area contributed by atoms with E-state index in [9.17, 15) is 0 Å². The van der Waals surface area contributed by atoms with Gasteiger partial charge in [0.15, 0.2) is 0 Å². The van der Waals surface area contributed by atoms with Crippen molar-refractivity contribution < 1.29 is 9.47 Å². The first-order chi connectivity index (χ1) is 7.90. The lowest BCUT2D eigenvalue weighted by atomic mass is 9.89. The Bertz CT molecular complexity index is 174. The van der Waals surface area contributed by atoms with E-state index >= 15 is 0 Å². The molecule has 0 heterocycles. The van der Waals surface area contributed by atoms with Gasteiger partial charge >= 0.3 is 0 Å². The highest BCUT2D eigenvalue weighted by atomic mass is 16.7. The van der Waals surface area contributed by atoms with Crippen LogP contribution in [0.5, 0.6) is 0 Å². The van der Waals surface area contributed by atoms with Crippen LogP contribution in [0, 0.1) is 11.8 Å². The lowest BCUT2D eigenvalue weighted by Gasteiger charge is -2.22. The van der Waals surface area contributed by atoms with Gasteiger partial charge in [-0.1, -0.05) is 33.6 Å². The molecule has 0 aromatic rings. The Labute approximate surface area is 107 Å². The molecule has 0 aliphatic heterocycles. The van der Waals surface area contributed by atoms with Gasteiger partial charge in [0.1, 0.15) is 6.79 Å². The molecular weight excluding hydrogens is 214 g/mol. The molecule has 0 fully saturated rings. The van der Waals surface area contributed by atoms with Crippen LogP contribution in [0.1, 0.15) is 54.4 Å². The topological polar surface area (TPSA) is 30.5 Å². The molecule has 1 N–H and O–H groups in total. The molecule has 0 amide bonds. The van der Waals surface area contributed by atoms with Gasteiger partial charge in [-0.15, -0.1) is 0 Å². The Morgan fingerprint density at radius 1 is 1.12 bits per heavy atom. The van der Waals surface area contributed by atoms with Crippen LogP contribution in [0.15, 0.2) is 0 Å². The first-order valence-electron chi connectivity index (χ1n) is 6.83. The summed E-state index contributed by atoms with van der Waals surface area (Å²) in [6.45, 7) is 14.8. The normalized spacial score (nSPS) is 14.3. The van der Waals surface area contributed by atoms with Crippen molar-refractivity contribution in [1.29, 1.82) is 0 Å².